The number of allylic oxidation sites excluding steroid dienone is 2. The third-order valence-electron chi connectivity index (χ3n) is 11.8. The lowest BCUT2D eigenvalue weighted by Gasteiger charge is -2.62. The average Bonchev–Trinajstić information content (AvgIpc) is 3.07. The number of esters is 1. The highest BCUT2D eigenvalue weighted by Gasteiger charge is 2.63. The maximum atomic E-state index is 13.1. The Labute approximate surface area is 217 Å². The first kappa shape index (κ1) is 25.8. The number of fused-ring (bicyclic) bond motifs is 4. The summed E-state index contributed by atoms with van der Waals surface area (Å²) in [5, 5.41) is 0. The van der Waals surface area contributed by atoms with Gasteiger partial charge in [0.2, 0.25) is 0 Å². The second-order valence-corrected chi connectivity index (χ2v) is 14.0. The van der Waals surface area contributed by atoms with Crippen molar-refractivity contribution >= 4 is 5.97 Å². The van der Waals surface area contributed by atoms with Crippen molar-refractivity contribution in [2.45, 2.75) is 125 Å². The van der Waals surface area contributed by atoms with Crippen LogP contribution in [0.5, 0.6) is 0 Å². The molecule has 1 heterocycles. The maximum Gasteiger partial charge on any atom is 0.339 e. The average molecular weight is 495 g/mol. The van der Waals surface area contributed by atoms with E-state index < -0.39 is 0 Å². The molecule has 1 aromatic rings. The minimum absolute atomic E-state index is 0.00330. The molecule has 0 bridgehead atoms. The third kappa shape index (κ3) is 3.45. The summed E-state index contributed by atoms with van der Waals surface area (Å²) in [6, 6.07) is 4.10. The zero-order valence-electron chi connectivity index (χ0n) is 23.8. The van der Waals surface area contributed by atoms with Crippen LogP contribution in [0.1, 0.15) is 130 Å². The van der Waals surface area contributed by atoms with Gasteiger partial charge >= 0.3 is 11.6 Å². The van der Waals surface area contributed by atoms with Crippen molar-refractivity contribution in [3.8, 4) is 0 Å². The molecule has 0 N–H and O–H groups in total. The second kappa shape index (κ2) is 8.33. The molecule has 0 amide bonds. The van der Waals surface area contributed by atoms with Gasteiger partial charge in [-0.05, 0) is 91.6 Å². The lowest BCUT2D eigenvalue weighted by Crippen LogP contribution is -2.55. The zero-order chi connectivity index (χ0) is 26.3. The Balaban J connectivity index is 1.52. The van der Waals surface area contributed by atoms with E-state index in [9.17, 15) is 9.59 Å². The van der Waals surface area contributed by atoms with E-state index in [4.69, 9.17) is 9.15 Å². The third-order valence-corrected chi connectivity index (χ3v) is 11.8. The number of ether oxygens (including phenoxy) is 1. The van der Waals surface area contributed by atoms with E-state index >= 15 is 0 Å². The highest BCUT2D eigenvalue weighted by atomic mass is 16.5. The standard InChI is InChI=1S/C32H46O4/c1-19(2)25-11-9-21(28(34)36-25)22-13-17-32(8)24-10-12-26-29(4,5)27(35-20(3)33)15-16-30(26,6)23(24)14-18-31(22,32)7/h9,11,19,22,26-27H,10,12-18H2,1-8H3/t22-,26-,27-,30-,31+,32+/m1/s1. The number of carbonyl (C=O) groups is 1. The van der Waals surface area contributed by atoms with Gasteiger partial charge in [0, 0.05) is 23.8 Å². The molecule has 0 saturated heterocycles. The fourth-order valence-corrected chi connectivity index (χ4v) is 9.57. The first-order valence-corrected chi connectivity index (χ1v) is 14.3. The van der Waals surface area contributed by atoms with Gasteiger partial charge in [0.15, 0.2) is 0 Å². The Bertz CT molecular complexity index is 1150. The predicted octanol–water partition coefficient (Wildman–Crippen LogP) is 7.91. The van der Waals surface area contributed by atoms with Crippen molar-refractivity contribution in [3.63, 3.8) is 0 Å². The van der Waals surface area contributed by atoms with E-state index in [0.717, 1.165) is 62.7 Å². The number of hydrogen-bond donors (Lipinski definition) is 0. The molecular formula is C32H46O4. The minimum Gasteiger partial charge on any atom is -0.462 e. The number of hydrogen-bond acceptors (Lipinski definition) is 4. The van der Waals surface area contributed by atoms with Gasteiger partial charge in [-0.2, -0.15) is 0 Å². The molecule has 5 rings (SSSR count). The molecule has 4 heteroatoms. The SMILES string of the molecule is CC(=O)O[C@@H]1CC[C@]2(C)C3=C(CC[C@@H]2C1(C)C)[C@]1(C)CC[C@H](c2ccc(C(C)C)oc2=O)[C@]1(C)CC3. The predicted molar refractivity (Wildman–Crippen MR) is 143 cm³/mol. The molecule has 2 saturated carbocycles. The van der Waals surface area contributed by atoms with Crippen molar-refractivity contribution in [2.24, 2.45) is 27.6 Å². The highest BCUT2D eigenvalue weighted by Crippen LogP contribution is 2.73. The lowest BCUT2D eigenvalue weighted by molar-refractivity contribution is -0.167. The number of rotatable bonds is 3. The topological polar surface area (TPSA) is 56.5 Å². The summed E-state index contributed by atoms with van der Waals surface area (Å²) in [5.41, 5.74) is 4.46. The molecule has 0 radical (unpaired) electrons. The monoisotopic (exact) mass is 494 g/mol. The van der Waals surface area contributed by atoms with E-state index in [-0.39, 0.29) is 51.2 Å². The Morgan fingerprint density at radius 1 is 0.972 bits per heavy atom. The van der Waals surface area contributed by atoms with Crippen LogP contribution in [-0.4, -0.2) is 12.1 Å². The molecule has 2 fully saturated rings. The molecule has 4 aliphatic carbocycles. The van der Waals surface area contributed by atoms with Gasteiger partial charge in [-0.1, -0.05) is 59.6 Å². The van der Waals surface area contributed by atoms with Gasteiger partial charge in [-0.25, -0.2) is 4.79 Å². The van der Waals surface area contributed by atoms with E-state index in [1.54, 1.807) is 18.1 Å². The molecule has 0 spiro atoms. The molecule has 4 aliphatic rings. The van der Waals surface area contributed by atoms with Gasteiger partial charge in [0.05, 0.1) is 0 Å². The van der Waals surface area contributed by atoms with E-state index in [0.29, 0.717) is 5.92 Å². The van der Waals surface area contributed by atoms with Crippen LogP contribution in [0.3, 0.4) is 0 Å². The van der Waals surface area contributed by atoms with Crippen LogP contribution in [0, 0.1) is 27.6 Å². The Morgan fingerprint density at radius 3 is 2.33 bits per heavy atom. The summed E-state index contributed by atoms with van der Waals surface area (Å²) in [6.07, 6.45) is 8.75. The largest absolute Gasteiger partial charge is 0.462 e. The Kier molecular flexibility index (Phi) is 5.97. The van der Waals surface area contributed by atoms with E-state index in [1.165, 1.54) is 0 Å². The van der Waals surface area contributed by atoms with Crippen LogP contribution in [0.15, 0.2) is 32.5 Å². The molecule has 36 heavy (non-hydrogen) atoms. The summed E-state index contributed by atoms with van der Waals surface area (Å²) >= 11 is 0. The van der Waals surface area contributed by atoms with Gasteiger partial charge in [-0.15, -0.1) is 0 Å². The molecule has 0 unspecified atom stereocenters. The van der Waals surface area contributed by atoms with Crippen LogP contribution in [-0.2, 0) is 9.53 Å². The summed E-state index contributed by atoms with van der Waals surface area (Å²) in [6.45, 7) is 17.8. The molecule has 6 atom stereocenters. The Hall–Kier alpha value is -1.84. The molecule has 0 aromatic carbocycles. The summed E-state index contributed by atoms with van der Waals surface area (Å²) < 4.78 is 11.6. The van der Waals surface area contributed by atoms with Gasteiger partial charge in [-0.3, -0.25) is 4.79 Å². The van der Waals surface area contributed by atoms with Crippen LogP contribution < -0.4 is 5.63 Å². The summed E-state index contributed by atoms with van der Waals surface area (Å²) in [4.78, 5) is 25.0. The minimum atomic E-state index is -0.156. The van der Waals surface area contributed by atoms with Crippen molar-refractivity contribution in [2.75, 3.05) is 0 Å². The first-order valence-electron chi connectivity index (χ1n) is 14.3. The van der Waals surface area contributed by atoms with E-state index in [2.05, 4.69) is 54.5 Å². The fourth-order valence-electron chi connectivity index (χ4n) is 9.57. The van der Waals surface area contributed by atoms with Crippen LogP contribution in [0.4, 0.5) is 0 Å². The maximum absolute atomic E-state index is 13.1. The normalized spacial score (nSPS) is 39.4. The summed E-state index contributed by atoms with van der Waals surface area (Å²) in [7, 11) is 0. The molecule has 1 aromatic heterocycles. The lowest BCUT2D eigenvalue weighted by atomic mass is 9.43. The fraction of sp³-hybridized carbons (Fsp3) is 0.750. The van der Waals surface area contributed by atoms with Crippen LogP contribution in [0.25, 0.3) is 0 Å². The van der Waals surface area contributed by atoms with Gasteiger partial charge < -0.3 is 9.15 Å². The second-order valence-electron chi connectivity index (χ2n) is 14.0. The van der Waals surface area contributed by atoms with Crippen molar-refractivity contribution in [1.82, 2.24) is 0 Å². The number of carbonyl (C=O) groups excluding carboxylic acids is 1. The molecule has 198 valence electrons. The highest BCUT2D eigenvalue weighted by molar-refractivity contribution is 5.66. The van der Waals surface area contributed by atoms with Gasteiger partial charge in [0.25, 0.3) is 0 Å². The molecule has 4 nitrogen and oxygen atoms in total. The summed E-state index contributed by atoms with van der Waals surface area (Å²) in [5.74, 6) is 1.60. The van der Waals surface area contributed by atoms with Crippen LogP contribution >= 0.6 is 0 Å². The van der Waals surface area contributed by atoms with Crippen molar-refractivity contribution in [1.29, 1.82) is 0 Å². The van der Waals surface area contributed by atoms with Crippen molar-refractivity contribution < 1.29 is 13.9 Å². The first-order chi connectivity index (χ1) is 16.8. The van der Waals surface area contributed by atoms with Crippen molar-refractivity contribution in [3.05, 3.63) is 45.0 Å². The van der Waals surface area contributed by atoms with E-state index in [1.807, 2.05) is 6.07 Å². The smallest absolute Gasteiger partial charge is 0.339 e. The molecular weight excluding hydrogens is 448 g/mol. The molecule has 0 aliphatic heterocycles. The quantitative estimate of drug-likeness (QED) is 0.316. The zero-order valence-corrected chi connectivity index (χ0v) is 23.8. The van der Waals surface area contributed by atoms with Crippen LogP contribution in [0.2, 0.25) is 0 Å². The van der Waals surface area contributed by atoms with Gasteiger partial charge in [0.1, 0.15) is 11.9 Å². The Morgan fingerprint density at radius 2 is 1.69 bits per heavy atom.